The van der Waals surface area contributed by atoms with Crippen molar-refractivity contribution in [2.75, 3.05) is 25.5 Å². The lowest BCUT2D eigenvalue weighted by atomic mass is 9.95. The van der Waals surface area contributed by atoms with Gasteiger partial charge >= 0.3 is 0 Å². The van der Waals surface area contributed by atoms with Gasteiger partial charge in [-0.15, -0.1) is 6.58 Å². The van der Waals surface area contributed by atoms with Crippen molar-refractivity contribution in [3.05, 3.63) is 82.4 Å². The summed E-state index contributed by atoms with van der Waals surface area (Å²) < 4.78 is 0.854. The Morgan fingerprint density at radius 1 is 1.14 bits per heavy atom. The highest BCUT2D eigenvalue weighted by atomic mass is 79.9. The summed E-state index contributed by atoms with van der Waals surface area (Å²) in [6.45, 7) is 3.90. The van der Waals surface area contributed by atoms with E-state index in [4.69, 9.17) is 0 Å². The summed E-state index contributed by atoms with van der Waals surface area (Å²) >= 11 is 3.35. The largest absolute Gasteiger partial charge is 0.507 e. The summed E-state index contributed by atoms with van der Waals surface area (Å²) in [5.41, 5.74) is 2.32. The SMILES string of the molecule is C=CCN1C(=O)C(=O)/C(=C(\O)c2ccc(Br)cc2)C1c1ccc(N(C)C)cc1. The fraction of sp³-hybridized carbons (Fsp3) is 0.182. The van der Waals surface area contributed by atoms with Crippen LogP contribution in [0.3, 0.4) is 0 Å². The first kappa shape index (κ1) is 19.9. The first-order chi connectivity index (χ1) is 13.3. The Morgan fingerprint density at radius 2 is 1.75 bits per heavy atom. The Kier molecular flexibility index (Phi) is 5.70. The number of aliphatic hydroxyl groups excluding tert-OH is 1. The highest BCUT2D eigenvalue weighted by Crippen LogP contribution is 2.39. The number of hydrogen-bond acceptors (Lipinski definition) is 4. The Hall–Kier alpha value is -2.86. The van der Waals surface area contributed by atoms with E-state index in [0.29, 0.717) is 5.56 Å². The minimum atomic E-state index is -0.691. The number of nitrogens with zero attached hydrogens (tertiary/aromatic N) is 2. The van der Waals surface area contributed by atoms with Crippen molar-refractivity contribution >= 4 is 39.1 Å². The second-order valence-electron chi connectivity index (χ2n) is 6.73. The van der Waals surface area contributed by atoms with Gasteiger partial charge in [0.15, 0.2) is 0 Å². The molecule has 3 rings (SSSR count). The lowest BCUT2D eigenvalue weighted by molar-refractivity contribution is -0.139. The Bertz CT molecular complexity index is 947. The van der Waals surface area contributed by atoms with Crippen molar-refractivity contribution in [1.29, 1.82) is 0 Å². The molecule has 0 bridgehead atoms. The molecule has 1 N–H and O–H groups in total. The van der Waals surface area contributed by atoms with E-state index in [-0.39, 0.29) is 17.9 Å². The van der Waals surface area contributed by atoms with E-state index >= 15 is 0 Å². The van der Waals surface area contributed by atoms with Gasteiger partial charge in [-0.3, -0.25) is 9.59 Å². The molecule has 2 aromatic rings. The van der Waals surface area contributed by atoms with Crippen LogP contribution in [0.15, 0.2) is 71.2 Å². The van der Waals surface area contributed by atoms with Gasteiger partial charge in [-0.05, 0) is 29.8 Å². The van der Waals surface area contributed by atoms with E-state index < -0.39 is 17.7 Å². The number of benzene rings is 2. The van der Waals surface area contributed by atoms with Crippen molar-refractivity contribution in [3.63, 3.8) is 0 Å². The zero-order chi connectivity index (χ0) is 20.4. The van der Waals surface area contributed by atoms with Gasteiger partial charge in [0.05, 0.1) is 11.6 Å². The third-order valence-electron chi connectivity index (χ3n) is 4.71. The van der Waals surface area contributed by atoms with E-state index in [9.17, 15) is 14.7 Å². The molecule has 1 amide bonds. The molecule has 144 valence electrons. The number of Topliss-reactive ketones (excluding diaryl/α,β-unsaturated/α-hetero) is 1. The van der Waals surface area contributed by atoms with Crippen molar-refractivity contribution in [2.24, 2.45) is 0 Å². The number of halogens is 1. The smallest absolute Gasteiger partial charge is 0.295 e. The molecule has 1 unspecified atom stereocenters. The monoisotopic (exact) mass is 440 g/mol. The molecular formula is C22H21BrN2O3. The van der Waals surface area contributed by atoms with Crippen LogP contribution in [0.2, 0.25) is 0 Å². The van der Waals surface area contributed by atoms with Crippen LogP contribution in [0, 0.1) is 0 Å². The number of aliphatic hydroxyl groups is 1. The first-order valence-electron chi connectivity index (χ1n) is 8.77. The molecule has 0 saturated carbocycles. The molecule has 1 aliphatic rings. The third kappa shape index (κ3) is 3.60. The number of rotatable bonds is 5. The molecule has 0 aromatic heterocycles. The quantitative estimate of drug-likeness (QED) is 0.328. The molecule has 0 radical (unpaired) electrons. The zero-order valence-corrected chi connectivity index (χ0v) is 17.3. The fourth-order valence-electron chi connectivity index (χ4n) is 3.27. The van der Waals surface area contributed by atoms with E-state index in [2.05, 4.69) is 22.5 Å². The number of carbonyl (C=O) groups is 2. The predicted molar refractivity (Wildman–Crippen MR) is 114 cm³/mol. The van der Waals surface area contributed by atoms with Crippen molar-refractivity contribution in [2.45, 2.75) is 6.04 Å². The van der Waals surface area contributed by atoms with Gasteiger partial charge in [0, 0.05) is 36.4 Å². The molecule has 1 aliphatic heterocycles. The fourth-order valence-corrected chi connectivity index (χ4v) is 3.54. The minimum absolute atomic E-state index is 0.0896. The molecule has 1 heterocycles. The molecule has 1 saturated heterocycles. The number of hydrogen-bond donors (Lipinski definition) is 1. The molecule has 6 heteroatoms. The van der Waals surface area contributed by atoms with Crippen molar-refractivity contribution in [3.8, 4) is 0 Å². The summed E-state index contributed by atoms with van der Waals surface area (Å²) in [5.74, 6) is -1.51. The molecule has 28 heavy (non-hydrogen) atoms. The molecule has 1 fully saturated rings. The minimum Gasteiger partial charge on any atom is -0.507 e. The van der Waals surface area contributed by atoms with Crippen LogP contribution < -0.4 is 4.90 Å². The van der Waals surface area contributed by atoms with E-state index in [1.165, 1.54) is 4.90 Å². The highest BCUT2D eigenvalue weighted by molar-refractivity contribution is 9.10. The van der Waals surface area contributed by atoms with Gasteiger partial charge in [0.2, 0.25) is 0 Å². The maximum Gasteiger partial charge on any atom is 0.295 e. The Morgan fingerprint density at radius 3 is 2.29 bits per heavy atom. The third-order valence-corrected chi connectivity index (χ3v) is 5.24. The lowest BCUT2D eigenvalue weighted by Gasteiger charge is -2.24. The van der Waals surface area contributed by atoms with Crippen LogP contribution >= 0.6 is 15.9 Å². The summed E-state index contributed by atoms with van der Waals surface area (Å²) in [6, 6.07) is 13.9. The number of likely N-dealkylation sites (tertiary alicyclic amines) is 1. The second-order valence-corrected chi connectivity index (χ2v) is 7.65. The number of anilines is 1. The number of amides is 1. The lowest BCUT2D eigenvalue weighted by Crippen LogP contribution is -2.29. The average Bonchev–Trinajstić information content (AvgIpc) is 2.93. The molecule has 2 aromatic carbocycles. The maximum atomic E-state index is 12.8. The summed E-state index contributed by atoms with van der Waals surface area (Å²) in [4.78, 5) is 28.8. The van der Waals surface area contributed by atoms with Crippen LogP contribution in [0.5, 0.6) is 0 Å². The van der Waals surface area contributed by atoms with E-state index in [1.54, 1.807) is 30.3 Å². The molecule has 0 aliphatic carbocycles. The standard InChI is InChI=1S/C22H21BrN2O3/c1-4-13-25-19(14-7-11-17(12-8-14)24(2)3)18(21(27)22(25)28)20(26)15-5-9-16(23)10-6-15/h4-12,19,26H,1,13H2,2-3H3/b20-18-. The van der Waals surface area contributed by atoms with Gasteiger partial charge < -0.3 is 14.9 Å². The van der Waals surface area contributed by atoms with Crippen LogP contribution in [0.1, 0.15) is 17.2 Å². The van der Waals surface area contributed by atoms with Gasteiger partial charge in [0.25, 0.3) is 11.7 Å². The topological polar surface area (TPSA) is 60.9 Å². The van der Waals surface area contributed by atoms with Gasteiger partial charge in [-0.2, -0.15) is 0 Å². The average molecular weight is 441 g/mol. The van der Waals surface area contributed by atoms with Crippen molar-refractivity contribution < 1.29 is 14.7 Å². The van der Waals surface area contributed by atoms with Gasteiger partial charge in [0.1, 0.15) is 5.76 Å². The normalized spacial score (nSPS) is 18.4. The van der Waals surface area contributed by atoms with Crippen LogP contribution in [-0.2, 0) is 9.59 Å². The molecule has 1 atom stereocenters. The predicted octanol–water partition coefficient (Wildman–Crippen LogP) is 4.12. The van der Waals surface area contributed by atoms with E-state index in [1.807, 2.05) is 43.3 Å². The van der Waals surface area contributed by atoms with Crippen LogP contribution in [0.25, 0.3) is 5.76 Å². The van der Waals surface area contributed by atoms with Crippen molar-refractivity contribution in [1.82, 2.24) is 4.90 Å². The Labute approximate surface area is 172 Å². The highest BCUT2D eigenvalue weighted by Gasteiger charge is 2.45. The summed E-state index contributed by atoms with van der Waals surface area (Å²) in [5, 5.41) is 10.9. The van der Waals surface area contributed by atoms with Crippen LogP contribution in [-0.4, -0.2) is 42.3 Å². The molecular weight excluding hydrogens is 420 g/mol. The molecule has 5 nitrogen and oxygen atoms in total. The summed E-state index contributed by atoms with van der Waals surface area (Å²) in [7, 11) is 3.87. The maximum absolute atomic E-state index is 12.8. The van der Waals surface area contributed by atoms with E-state index in [0.717, 1.165) is 15.7 Å². The number of carbonyl (C=O) groups excluding carboxylic acids is 2. The van der Waals surface area contributed by atoms with Crippen LogP contribution in [0.4, 0.5) is 5.69 Å². The summed E-state index contributed by atoms with van der Waals surface area (Å²) in [6.07, 6.45) is 1.58. The molecule has 0 spiro atoms. The van der Waals surface area contributed by atoms with Gasteiger partial charge in [-0.25, -0.2) is 0 Å². The zero-order valence-electron chi connectivity index (χ0n) is 15.7. The first-order valence-corrected chi connectivity index (χ1v) is 9.57. The Balaban J connectivity index is 2.15. The second kappa shape index (κ2) is 8.02. The number of ketones is 1. The van der Waals surface area contributed by atoms with Gasteiger partial charge in [-0.1, -0.05) is 46.3 Å².